The van der Waals surface area contributed by atoms with Crippen molar-refractivity contribution in [1.29, 1.82) is 0 Å². The van der Waals surface area contributed by atoms with Gasteiger partial charge in [0.25, 0.3) is 0 Å². The number of hydrogen-bond acceptors (Lipinski definition) is 3. The highest BCUT2D eigenvalue weighted by Gasteiger charge is 2.31. The van der Waals surface area contributed by atoms with Crippen molar-refractivity contribution in [2.24, 2.45) is 5.92 Å². The van der Waals surface area contributed by atoms with E-state index in [0.29, 0.717) is 17.9 Å². The van der Waals surface area contributed by atoms with E-state index in [1.54, 1.807) is 32.9 Å². The molecule has 2 N–H and O–H groups in total. The molecule has 1 aliphatic rings. The molecule has 0 saturated heterocycles. The highest BCUT2D eigenvalue weighted by atomic mass is 35.5. The first-order valence-electron chi connectivity index (χ1n) is 8.36. The number of ether oxygens (including phenoxy) is 1. The molecule has 1 saturated carbocycles. The van der Waals surface area contributed by atoms with E-state index in [0.717, 1.165) is 12.8 Å². The zero-order chi connectivity index (χ0) is 18.6. The Kier molecular flexibility index (Phi) is 6.27. The number of nitrogens with one attached hydrogen (secondary N) is 2. The number of alkyl carbamates (subject to hydrolysis) is 1. The van der Waals surface area contributed by atoms with Gasteiger partial charge in [0, 0.05) is 12.1 Å². The first kappa shape index (κ1) is 19.5. The van der Waals surface area contributed by atoms with Crippen molar-refractivity contribution in [1.82, 2.24) is 10.6 Å². The van der Waals surface area contributed by atoms with Crippen LogP contribution in [0.4, 0.5) is 9.18 Å². The predicted octanol–water partition coefficient (Wildman–Crippen LogP) is 3.79. The smallest absolute Gasteiger partial charge is 0.408 e. The molecular formula is C18H24ClFN2O3. The van der Waals surface area contributed by atoms with Crippen LogP contribution in [-0.2, 0) is 16.1 Å². The van der Waals surface area contributed by atoms with Gasteiger partial charge >= 0.3 is 6.09 Å². The summed E-state index contributed by atoms with van der Waals surface area (Å²) in [5.74, 6) is -0.492. The van der Waals surface area contributed by atoms with Gasteiger partial charge in [-0.25, -0.2) is 9.18 Å². The summed E-state index contributed by atoms with van der Waals surface area (Å²) in [7, 11) is 0. The van der Waals surface area contributed by atoms with E-state index in [-0.39, 0.29) is 17.5 Å². The maximum absolute atomic E-state index is 13.9. The Morgan fingerprint density at radius 1 is 1.36 bits per heavy atom. The largest absolute Gasteiger partial charge is 0.444 e. The van der Waals surface area contributed by atoms with E-state index < -0.39 is 23.6 Å². The summed E-state index contributed by atoms with van der Waals surface area (Å²) in [6.07, 6.45) is 2.00. The summed E-state index contributed by atoms with van der Waals surface area (Å²) in [5, 5.41) is 5.28. The zero-order valence-corrected chi connectivity index (χ0v) is 15.5. The quantitative estimate of drug-likeness (QED) is 0.800. The first-order valence-corrected chi connectivity index (χ1v) is 8.73. The number of halogens is 2. The second-order valence-electron chi connectivity index (χ2n) is 7.31. The second-order valence-corrected chi connectivity index (χ2v) is 7.72. The minimum absolute atomic E-state index is 0.00237. The fourth-order valence-corrected chi connectivity index (χ4v) is 2.55. The van der Waals surface area contributed by atoms with Crippen LogP contribution in [0.25, 0.3) is 0 Å². The lowest BCUT2D eigenvalue weighted by molar-refractivity contribution is -0.123. The van der Waals surface area contributed by atoms with Crippen LogP contribution in [0.2, 0.25) is 5.02 Å². The van der Waals surface area contributed by atoms with Crippen LogP contribution in [0.15, 0.2) is 18.2 Å². The van der Waals surface area contributed by atoms with Crippen LogP contribution >= 0.6 is 11.6 Å². The number of carbonyl (C=O) groups is 2. The third-order valence-electron chi connectivity index (χ3n) is 3.76. The van der Waals surface area contributed by atoms with Gasteiger partial charge in [0.05, 0.1) is 5.02 Å². The Morgan fingerprint density at radius 2 is 2.04 bits per heavy atom. The van der Waals surface area contributed by atoms with Crippen molar-refractivity contribution in [3.63, 3.8) is 0 Å². The fraction of sp³-hybridized carbons (Fsp3) is 0.556. The summed E-state index contributed by atoms with van der Waals surface area (Å²) < 4.78 is 19.1. The molecule has 2 amide bonds. The molecule has 0 radical (unpaired) electrons. The third-order valence-corrected chi connectivity index (χ3v) is 4.05. The highest BCUT2D eigenvalue weighted by Crippen LogP contribution is 2.33. The predicted molar refractivity (Wildman–Crippen MR) is 93.8 cm³/mol. The normalized spacial score (nSPS) is 15.4. The van der Waals surface area contributed by atoms with Gasteiger partial charge < -0.3 is 15.4 Å². The van der Waals surface area contributed by atoms with Gasteiger partial charge in [0.1, 0.15) is 17.5 Å². The van der Waals surface area contributed by atoms with Gasteiger partial charge in [-0.2, -0.15) is 0 Å². The first-order chi connectivity index (χ1) is 11.7. The lowest BCUT2D eigenvalue weighted by atomic mass is 10.1. The van der Waals surface area contributed by atoms with Crippen molar-refractivity contribution in [2.75, 3.05) is 0 Å². The number of benzene rings is 1. The van der Waals surface area contributed by atoms with Gasteiger partial charge in [-0.05, 0) is 39.2 Å². The number of hydrogen-bond donors (Lipinski definition) is 2. The van der Waals surface area contributed by atoms with Gasteiger partial charge in [0.15, 0.2) is 0 Å². The number of rotatable bonds is 6. The Hall–Kier alpha value is -1.82. The lowest BCUT2D eigenvalue weighted by Gasteiger charge is -2.23. The Morgan fingerprint density at radius 3 is 2.64 bits per heavy atom. The molecule has 2 rings (SSSR count). The van der Waals surface area contributed by atoms with Crippen LogP contribution in [0.1, 0.15) is 45.6 Å². The van der Waals surface area contributed by atoms with Crippen molar-refractivity contribution in [3.8, 4) is 0 Å². The molecule has 1 aliphatic carbocycles. The summed E-state index contributed by atoms with van der Waals surface area (Å²) in [6, 6.07) is 3.92. The molecule has 0 spiro atoms. The zero-order valence-electron chi connectivity index (χ0n) is 14.7. The summed E-state index contributed by atoms with van der Waals surface area (Å²) in [5.41, 5.74) is -0.350. The standard InChI is InChI=1S/C18H24ClFN2O3/c1-18(2,3)25-17(24)22-14(9-11-7-8-11)16(23)21-10-12-5-4-6-13(19)15(12)20/h4-6,11,14H,7-10H2,1-3H3,(H,21,23)(H,22,24). The van der Waals surface area contributed by atoms with E-state index in [4.69, 9.17) is 16.3 Å². The van der Waals surface area contributed by atoms with Crippen molar-refractivity contribution in [3.05, 3.63) is 34.6 Å². The molecule has 138 valence electrons. The average molecular weight is 371 g/mol. The maximum atomic E-state index is 13.9. The molecule has 5 nitrogen and oxygen atoms in total. The van der Waals surface area contributed by atoms with E-state index in [1.807, 2.05) is 0 Å². The maximum Gasteiger partial charge on any atom is 0.408 e. The van der Waals surface area contributed by atoms with Crippen LogP contribution in [0, 0.1) is 11.7 Å². The molecule has 1 aromatic carbocycles. The fourth-order valence-electron chi connectivity index (χ4n) is 2.36. The van der Waals surface area contributed by atoms with E-state index in [2.05, 4.69) is 10.6 Å². The molecule has 25 heavy (non-hydrogen) atoms. The van der Waals surface area contributed by atoms with Gasteiger partial charge in [-0.3, -0.25) is 4.79 Å². The summed E-state index contributed by atoms with van der Waals surface area (Å²) in [4.78, 5) is 24.4. The van der Waals surface area contributed by atoms with Crippen molar-refractivity contribution < 1.29 is 18.7 Å². The summed E-state index contributed by atoms with van der Waals surface area (Å²) >= 11 is 5.74. The van der Waals surface area contributed by atoms with Gasteiger partial charge in [0.2, 0.25) is 5.91 Å². The van der Waals surface area contributed by atoms with Crippen molar-refractivity contribution in [2.45, 2.75) is 58.2 Å². The minimum Gasteiger partial charge on any atom is -0.444 e. The average Bonchev–Trinajstić information content (AvgIpc) is 3.30. The van der Waals surface area contributed by atoms with Crippen LogP contribution in [0.3, 0.4) is 0 Å². The molecule has 7 heteroatoms. The molecular weight excluding hydrogens is 347 g/mol. The van der Waals surface area contributed by atoms with Crippen molar-refractivity contribution >= 4 is 23.6 Å². The van der Waals surface area contributed by atoms with Crippen LogP contribution in [-0.4, -0.2) is 23.6 Å². The van der Waals surface area contributed by atoms with Crippen LogP contribution in [0.5, 0.6) is 0 Å². The van der Waals surface area contributed by atoms with Gasteiger partial charge in [-0.15, -0.1) is 0 Å². The molecule has 1 unspecified atom stereocenters. The molecule has 0 heterocycles. The molecule has 0 aliphatic heterocycles. The number of carbonyl (C=O) groups excluding carboxylic acids is 2. The monoisotopic (exact) mass is 370 g/mol. The van der Waals surface area contributed by atoms with Gasteiger partial charge in [-0.1, -0.05) is 36.6 Å². The summed E-state index contributed by atoms with van der Waals surface area (Å²) in [6.45, 7) is 5.27. The minimum atomic E-state index is -0.704. The topological polar surface area (TPSA) is 67.4 Å². The molecule has 1 atom stereocenters. The SMILES string of the molecule is CC(C)(C)OC(=O)NC(CC1CC1)C(=O)NCc1cccc(Cl)c1F. The third kappa shape index (κ3) is 6.53. The number of amides is 2. The highest BCUT2D eigenvalue weighted by molar-refractivity contribution is 6.30. The van der Waals surface area contributed by atoms with E-state index in [1.165, 1.54) is 6.07 Å². The lowest BCUT2D eigenvalue weighted by Crippen LogP contribution is -2.48. The second kappa shape index (κ2) is 8.04. The van der Waals surface area contributed by atoms with E-state index >= 15 is 0 Å². The Labute approximate surface area is 152 Å². The molecule has 1 fully saturated rings. The van der Waals surface area contributed by atoms with Crippen LogP contribution < -0.4 is 10.6 Å². The molecule has 0 bridgehead atoms. The Balaban J connectivity index is 1.95. The molecule has 0 aromatic heterocycles. The Bertz CT molecular complexity index is 642. The van der Waals surface area contributed by atoms with E-state index in [9.17, 15) is 14.0 Å². The molecule has 1 aromatic rings.